The lowest BCUT2D eigenvalue weighted by Crippen LogP contribution is -2.37. The highest BCUT2D eigenvalue weighted by molar-refractivity contribution is 6.33. The smallest absolute Gasteiger partial charge is 0.269 e. The molecule has 160 valence electrons. The topological polar surface area (TPSA) is 115 Å². The minimum atomic E-state index is -4.98. The average Bonchev–Trinajstić information content (AvgIpc) is 2.54. The van der Waals surface area contributed by atoms with Gasteiger partial charge >= 0.3 is 12.5 Å². The summed E-state index contributed by atoms with van der Waals surface area (Å²) in [5.41, 5.74) is -1.37. The number of nitrogens with one attached hydrogen (secondary N) is 1. The minimum Gasteiger partial charge on any atom is -0.269 e. The third kappa shape index (κ3) is 4.94. The molecule has 0 bridgehead atoms. The maximum Gasteiger partial charge on any atom is 0.484 e. The lowest BCUT2D eigenvalue weighted by Gasteiger charge is -2.14. The maximum atomic E-state index is 12.2. The van der Waals surface area contributed by atoms with E-state index in [1.165, 1.54) is 12.1 Å². The summed E-state index contributed by atoms with van der Waals surface area (Å²) in [4.78, 5) is 30.2. The summed E-state index contributed by atoms with van der Waals surface area (Å²) >= 11 is 5.33. The van der Waals surface area contributed by atoms with Gasteiger partial charge in [-0.3, -0.25) is 30.3 Å². The number of alkyl halides is 6. The Morgan fingerprint density at radius 2 is 1.43 bits per heavy atom. The van der Waals surface area contributed by atoms with E-state index in [0.717, 1.165) is 0 Å². The van der Waals surface area contributed by atoms with Crippen molar-refractivity contribution < 1.29 is 41.0 Å². The molecule has 1 aromatic rings. The van der Waals surface area contributed by atoms with E-state index in [-0.39, 0.29) is 16.9 Å². The molecule has 15 heteroatoms. The number of carbonyl (C=O) groups excluding carboxylic acids is 1. The third-order valence-corrected chi connectivity index (χ3v) is 3.89. The SMILES string of the molecule is O=C(NC(F)(F)F)c1ccc(C(F)(F)F)cc1Cl.O=[N+]([O-])c1cc2cc([N+](=O)[O-])c1-2. The van der Waals surface area contributed by atoms with Gasteiger partial charge in [0, 0.05) is 17.7 Å². The van der Waals surface area contributed by atoms with Gasteiger partial charge in [0.1, 0.15) is 5.56 Å². The normalized spacial score (nSPS) is 11.8. The van der Waals surface area contributed by atoms with Crippen LogP contribution in [0, 0.1) is 20.2 Å². The van der Waals surface area contributed by atoms with Crippen LogP contribution in [0.25, 0.3) is 11.1 Å². The second kappa shape index (κ2) is 7.78. The first kappa shape index (κ1) is 22.9. The molecule has 30 heavy (non-hydrogen) atoms. The van der Waals surface area contributed by atoms with E-state index in [1.807, 2.05) is 0 Å². The van der Waals surface area contributed by atoms with Gasteiger partial charge in [0.25, 0.3) is 17.3 Å². The van der Waals surface area contributed by atoms with Gasteiger partial charge < -0.3 is 0 Å². The van der Waals surface area contributed by atoms with Crippen LogP contribution in [0.3, 0.4) is 0 Å². The van der Waals surface area contributed by atoms with Crippen molar-refractivity contribution in [2.75, 3.05) is 0 Å². The molecule has 1 aromatic carbocycles. The summed E-state index contributed by atoms with van der Waals surface area (Å²) in [6, 6.07) is 4.07. The first-order valence-corrected chi connectivity index (χ1v) is 7.73. The molecule has 0 saturated carbocycles. The van der Waals surface area contributed by atoms with E-state index in [2.05, 4.69) is 0 Å². The number of benzene rings is 2. The standard InChI is InChI=1S/C9H4ClF6NO.C6H2N2O4/c10-6-3-4(8(11,12)13)1-2-5(6)7(18)17-9(14,15)16;9-7(10)4-1-3-2-5(6(3)4)8(11)12/h1-3H,(H,17,18);1-2H. The van der Waals surface area contributed by atoms with Crippen LogP contribution in [0.15, 0.2) is 30.3 Å². The highest BCUT2D eigenvalue weighted by atomic mass is 35.5. The van der Waals surface area contributed by atoms with Crippen molar-refractivity contribution in [3.63, 3.8) is 0 Å². The zero-order valence-corrected chi connectivity index (χ0v) is 14.7. The van der Waals surface area contributed by atoms with Crippen LogP contribution in [-0.4, -0.2) is 22.1 Å². The van der Waals surface area contributed by atoms with Gasteiger partial charge in [0.15, 0.2) is 0 Å². The first-order chi connectivity index (χ1) is 13.6. The molecule has 0 saturated heterocycles. The van der Waals surface area contributed by atoms with Crippen LogP contribution in [0.5, 0.6) is 0 Å². The van der Waals surface area contributed by atoms with E-state index in [0.29, 0.717) is 29.1 Å². The molecule has 0 fully saturated rings. The number of amides is 1. The van der Waals surface area contributed by atoms with Crippen LogP contribution < -0.4 is 5.32 Å². The summed E-state index contributed by atoms with van der Waals surface area (Å²) < 4.78 is 72.2. The highest BCUT2D eigenvalue weighted by Gasteiger charge is 2.38. The van der Waals surface area contributed by atoms with Crippen LogP contribution in [0.4, 0.5) is 37.7 Å². The van der Waals surface area contributed by atoms with Crippen molar-refractivity contribution >= 4 is 28.9 Å². The van der Waals surface area contributed by atoms with Gasteiger partial charge in [-0.15, -0.1) is 0 Å². The molecule has 2 aliphatic rings. The Balaban J connectivity index is 0.000000230. The van der Waals surface area contributed by atoms with Crippen LogP contribution in [0.2, 0.25) is 5.02 Å². The van der Waals surface area contributed by atoms with Crippen molar-refractivity contribution in [3.8, 4) is 11.1 Å². The molecule has 0 aromatic heterocycles. The Morgan fingerprint density at radius 3 is 1.77 bits per heavy atom. The Hall–Kier alpha value is -3.42. The molecule has 2 aliphatic carbocycles. The molecule has 0 unspecified atom stereocenters. The fourth-order valence-corrected chi connectivity index (χ4v) is 2.52. The van der Waals surface area contributed by atoms with E-state index in [4.69, 9.17) is 11.6 Å². The lowest BCUT2D eigenvalue weighted by atomic mass is 9.88. The van der Waals surface area contributed by atoms with Crippen molar-refractivity contribution in [2.24, 2.45) is 0 Å². The van der Waals surface area contributed by atoms with E-state index in [9.17, 15) is 51.4 Å². The fraction of sp³-hybridized carbons (Fsp3) is 0.133. The van der Waals surface area contributed by atoms with Gasteiger partial charge in [0.05, 0.1) is 26.0 Å². The van der Waals surface area contributed by atoms with E-state index in [1.54, 1.807) is 0 Å². The largest absolute Gasteiger partial charge is 0.484 e. The second-order valence-corrected chi connectivity index (χ2v) is 5.96. The van der Waals surface area contributed by atoms with Crippen molar-refractivity contribution in [1.82, 2.24) is 5.32 Å². The number of rotatable bonds is 3. The Bertz CT molecular complexity index is 1020. The summed E-state index contributed by atoms with van der Waals surface area (Å²) in [5.74, 6) is -1.62. The minimum absolute atomic E-state index is 0.154. The first-order valence-electron chi connectivity index (χ1n) is 7.35. The fourth-order valence-electron chi connectivity index (χ4n) is 2.26. The molecular formula is C15H6ClF6N3O5. The quantitative estimate of drug-likeness (QED) is 0.254. The number of hydrogen-bond acceptors (Lipinski definition) is 5. The predicted molar refractivity (Wildman–Crippen MR) is 88.7 cm³/mol. The Labute approximate surface area is 166 Å². The molecule has 0 radical (unpaired) electrons. The van der Waals surface area contributed by atoms with Crippen LogP contribution in [-0.2, 0) is 6.18 Å². The molecular weight excluding hydrogens is 452 g/mol. The number of halogens is 7. The second-order valence-electron chi connectivity index (χ2n) is 5.55. The molecule has 0 aliphatic heterocycles. The highest BCUT2D eigenvalue weighted by Crippen LogP contribution is 2.50. The summed E-state index contributed by atoms with van der Waals surface area (Å²) in [6.45, 7) is 0. The molecule has 1 amide bonds. The van der Waals surface area contributed by atoms with Crippen LogP contribution in [0.1, 0.15) is 15.9 Å². The molecule has 1 N–H and O–H groups in total. The molecule has 3 rings (SSSR count). The van der Waals surface area contributed by atoms with Gasteiger partial charge in [0.2, 0.25) is 0 Å². The Morgan fingerprint density at radius 1 is 0.933 bits per heavy atom. The zero-order valence-electron chi connectivity index (χ0n) is 14.0. The van der Waals surface area contributed by atoms with Gasteiger partial charge in [-0.05, 0) is 18.2 Å². The van der Waals surface area contributed by atoms with Gasteiger partial charge in [-0.25, -0.2) is 0 Å². The molecule has 0 atom stereocenters. The summed E-state index contributed by atoms with van der Waals surface area (Å²) in [6.07, 6.45) is -9.67. The molecule has 8 nitrogen and oxygen atoms in total. The monoisotopic (exact) mass is 457 g/mol. The van der Waals surface area contributed by atoms with Crippen molar-refractivity contribution in [1.29, 1.82) is 0 Å². The van der Waals surface area contributed by atoms with Crippen molar-refractivity contribution in [3.05, 3.63) is 66.7 Å². The van der Waals surface area contributed by atoms with E-state index >= 15 is 0 Å². The molecule has 0 heterocycles. The zero-order chi connectivity index (χ0) is 23.0. The van der Waals surface area contributed by atoms with Crippen molar-refractivity contribution in [2.45, 2.75) is 12.5 Å². The number of fused-ring (bicyclic) bond motifs is 1. The number of nitrogens with zero attached hydrogens (tertiary/aromatic N) is 2. The van der Waals surface area contributed by atoms with Gasteiger partial charge in [-0.1, -0.05) is 11.6 Å². The summed E-state index contributed by atoms with van der Waals surface area (Å²) in [5, 5.41) is 20.3. The predicted octanol–water partition coefficient (Wildman–Crippen LogP) is 5.09. The molecule has 0 spiro atoms. The van der Waals surface area contributed by atoms with Gasteiger partial charge in [-0.2, -0.15) is 26.3 Å². The number of nitro benzene ring substituents is 2. The number of hydrogen-bond donors (Lipinski definition) is 1. The summed E-state index contributed by atoms with van der Waals surface area (Å²) in [7, 11) is 0. The third-order valence-electron chi connectivity index (χ3n) is 3.58. The Kier molecular flexibility index (Phi) is 5.93. The average molecular weight is 458 g/mol. The number of carbonyl (C=O) groups is 1. The lowest BCUT2D eigenvalue weighted by molar-refractivity contribution is -0.394. The number of nitro groups is 2. The van der Waals surface area contributed by atoms with Crippen LogP contribution >= 0.6 is 11.6 Å². The maximum absolute atomic E-state index is 12.2. The van der Waals surface area contributed by atoms with E-state index < -0.39 is 44.4 Å².